The van der Waals surface area contributed by atoms with Gasteiger partial charge in [0.1, 0.15) is 5.75 Å². The van der Waals surface area contributed by atoms with Crippen molar-refractivity contribution in [2.75, 3.05) is 21.3 Å². The summed E-state index contributed by atoms with van der Waals surface area (Å²) in [4.78, 5) is 39.1. The van der Waals surface area contributed by atoms with Crippen molar-refractivity contribution >= 4 is 35.1 Å². The van der Waals surface area contributed by atoms with Gasteiger partial charge in [-0.25, -0.2) is 9.59 Å². The SMILES string of the molecule is COC(=O)C(=O)C1=C(c2ccc(Cl)cc2)N(C)C(=O)NC1c1ccc(OC)cc1. The number of carbonyl (C=O) groups is 3. The highest BCUT2D eigenvalue weighted by Gasteiger charge is 2.39. The minimum atomic E-state index is -1.02. The van der Waals surface area contributed by atoms with Gasteiger partial charge in [0.25, 0.3) is 5.78 Å². The number of halogens is 1. The van der Waals surface area contributed by atoms with Crippen LogP contribution in [-0.2, 0) is 14.3 Å². The Morgan fingerprint density at radius 3 is 2.21 bits per heavy atom. The van der Waals surface area contributed by atoms with E-state index in [0.717, 1.165) is 7.11 Å². The number of hydrogen-bond donors (Lipinski definition) is 1. The van der Waals surface area contributed by atoms with Crippen LogP contribution in [0.25, 0.3) is 5.70 Å². The quantitative estimate of drug-likeness (QED) is 0.600. The highest BCUT2D eigenvalue weighted by Crippen LogP contribution is 2.36. The van der Waals surface area contributed by atoms with Gasteiger partial charge in [-0.2, -0.15) is 0 Å². The molecule has 0 aromatic heterocycles. The van der Waals surface area contributed by atoms with E-state index in [1.165, 1.54) is 19.1 Å². The van der Waals surface area contributed by atoms with E-state index in [9.17, 15) is 14.4 Å². The summed E-state index contributed by atoms with van der Waals surface area (Å²) >= 11 is 5.98. The van der Waals surface area contributed by atoms with Crippen LogP contribution in [-0.4, -0.2) is 44.0 Å². The number of ether oxygens (including phenoxy) is 2. The summed E-state index contributed by atoms with van der Waals surface area (Å²) in [5.41, 5.74) is 1.59. The van der Waals surface area contributed by atoms with Crippen LogP contribution < -0.4 is 10.1 Å². The number of amides is 2. The van der Waals surface area contributed by atoms with E-state index < -0.39 is 23.8 Å². The van der Waals surface area contributed by atoms with Crippen molar-refractivity contribution in [3.05, 3.63) is 70.3 Å². The van der Waals surface area contributed by atoms with Crippen LogP contribution in [0.15, 0.2) is 54.1 Å². The van der Waals surface area contributed by atoms with Crippen LogP contribution in [0.4, 0.5) is 4.79 Å². The van der Waals surface area contributed by atoms with E-state index in [-0.39, 0.29) is 5.57 Å². The second kappa shape index (κ2) is 8.36. The Morgan fingerprint density at radius 1 is 1.03 bits per heavy atom. The van der Waals surface area contributed by atoms with Gasteiger partial charge in [-0.1, -0.05) is 35.9 Å². The number of hydrogen-bond acceptors (Lipinski definition) is 5. The maximum atomic E-state index is 13.0. The number of urea groups is 1. The third-order valence-corrected chi connectivity index (χ3v) is 4.89. The van der Waals surface area contributed by atoms with Crippen molar-refractivity contribution in [1.82, 2.24) is 10.2 Å². The molecule has 29 heavy (non-hydrogen) atoms. The Labute approximate surface area is 172 Å². The molecule has 3 rings (SSSR count). The molecule has 0 aliphatic carbocycles. The minimum absolute atomic E-state index is 0.103. The molecule has 2 aromatic carbocycles. The van der Waals surface area contributed by atoms with Crippen LogP contribution >= 0.6 is 11.6 Å². The number of carbonyl (C=O) groups excluding carboxylic acids is 3. The smallest absolute Gasteiger partial charge is 0.379 e. The largest absolute Gasteiger partial charge is 0.497 e. The number of nitrogens with zero attached hydrogens (tertiary/aromatic N) is 1. The number of nitrogens with one attached hydrogen (secondary N) is 1. The number of benzene rings is 2. The van der Waals surface area contributed by atoms with Crippen LogP contribution in [0.1, 0.15) is 17.2 Å². The van der Waals surface area contributed by atoms with Gasteiger partial charge in [-0.3, -0.25) is 9.69 Å². The van der Waals surface area contributed by atoms with Gasteiger partial charge >= 0.3 is 12.0 Å². The third kappa shape index (κ3) is 3.95. The highest BCUT2D eigenvalue weighted by atomic mass is 35.5. The molecule has 0 saturated carbocycles. The van der Waals surface area contributed by atoms with Crippen molar-refractivity contribution in [3.63, 3.8) is 0 Å². The molecule has 1 N–H and O–H groups in total. The van der Waals surface area contributed by atoms with Crippen molar-refractivity contribution in [2.45, 2.75) is 6.04 Å². The van der Waals surface area contributed by atoms with Crippen LogP contribution in [0.2, 0.25) is 5.02 Å². The van der Waals surface area contributed by atoms with E-state index >= 15 is 0 Å². The first kappa shape index (κ1) is 20.4. The molecule has 2 amide bonds. The second-order valence-electron chi connectivity index (χ2n) is 6.30. The lowest BCUT2D eigenvalue weighted by Crippen LogP contribution is -2.46. The molecule has 2 aromatic rings. The van der Waals surface area contributed by atoms with Crippen molar-refractivity contribution in [2.24, 2.45) is 0 Å². The summed E-state index contributed by atoms with van der Waals surface area (Å²) in [6, 6.07) is 12.3. The molecule has 1 atom stereocenters. The minimum Gasteiger partial charge on any atom is -0.497 e. The maximum absolute atomic E-state index is 13.0. The van der Waals surface area contributed by atoms with Gasteiger partial charge in [0.05, 0.1) is 31.5 Å². The van der Waals surface area contributed by atoms with Crippen LogP contribution in [0, 0.1) is 0 Å². The molecule has 0 bridgehead atoms. The van der Waals surface area contributed by atoms with Crippen LogP contribution in [0.5, 0.6) is 5.75 Å². The average molecular weight is 415 g/mol. The molecule has 0 fully saturated rings. The predicted octanol–water partition coefficient (Wildman–Crippen LogP) is 3.20. The maximum Gasteiger partial charge on any atom is 0.379 e. The van der Waals surface area contributed by atoms with Gasteiger partial charge in [-0.05, 0) is 35.4 Å². The van der Waals surface area contributed by atoms with Gasteiger partial charge in [-0.15, -0.1) is 0 Å². The number of Topliss-reactive ketones (excluding diaryl/α,β-unsaturated/α-hetero) is 1. The van der Waals surface area contributed by atoms with Crippen molar-refractivity contribution in [1.29, 1.82) is 0 Å². The van der Waals surface area contributed by atoms with E-state index in [1.54, 1.807) is 48.5 Å². The third-order valence-electron chi connectivity index (χ3n) is 4.63. The fourth-order valence-electron chi connectivity index (χ4n) is 3.16. The molecule has 0 radical (unpaired) electrons. The van der Waals surface area contributed by atoms with Gasteiger partial charge in [0, 0.05) is 12.1 Å². The lowest BCUT2D eigenvalue weighted by Gasteiger charge is -2.35. The topological polar surface area (TPSA) is 84.9 Å². The average Bonchev–Trinajstić information content (AvgIpc) is 2.75. The fourth-order valence-corrected chi connectivity index (χ4v) is 3.28. The highest BCUT2D eigenvalue weighted by molar-refractivity contribution is 6.42. The van der Waals surface area contributed by atoms with E-state index in [2.05, 4.69) is 10.1 Å². The molecule has 1 unspecified atom stereocenters. The monoisotopic (exact) mass is 414 g/mol. The Kier molecular flexibility index (Phi) is 5.89. The normalized spacial score (nSPS) is 16.3. The molecule has 150 valence electrons. The number of methoxy groups -OCH3 is 2. The summed E-state index contributed by atoms with van der Waals surface area (Å²) in [5.74, 6) is -1.24. The Bertz CT molecular complexity index is 983. The summed E-state index contributed by atoms with van der Waals surface area (Å²) in [6.45, 7) is 0. The summed E-state index contributed by atoms with van der Waals surface area (Å²) in [7, 11) is 4.20. The second-order valence-corrected chi connectivity index (χ2v) is 6.74. The van der Waals surface area contributed by atoms with Gasteiger partial charge < -0.3 is 14.8 Å². The zero-order valence-electron chi connectivity index (χ0n) is 16.1. The lowest BCUT2D eigenvalue weighted by molar-refractivity contribution is -0.150. The van der Waals surface area contributed by atoms with E-state index in [4.69, 9.17) is 16.3 Å². The molecular formula is C21H19ClN2O5. The van der Waals surface area contributed by atoms with E-state index in [1.807, 2.05) is 0 Å². The standard InChI is InChI=1S/C21H19ClN2O5/c1-24-18(13-4-8-14(22)9-5-13)16(19(25)20(26)29-3)17(23-21(24)27)12-6-10-15(28-2)11-7-12/h4-11,17H,1-3H3,(H,23,27). The number of esters is 1. The first-order chi connectivity index (χ1) is 13.9. The molecule has 0 saturated heterocycles. The predicted molar refractivity (Wildman–Crippen MR) is 107 cm³/mol. The molecule has 1 heterocycles. The zero-order chi connectivity index (χ0) is 21.1. The van der Waals surface area contributed by atoms with Crippen LogP contribution in [0.3, 0.4) is 0 Å². The van der Waals surface area contributed by atoms with Crippen molar-refractivity contribution < 1.29 is 23.9 Å². The summed E-state index contributed by atoms with van der Waals surface area (Å²) < 4.78 is 9.82. The van der Waals surface area contributed by atoms with Gasteiger partial charge in [0.2, 0.25) is 0 Å². The fraction of sp³-hybridized carbons (Fsp3) is 0.190. The van der Waals surface area contributed by atoms with Gasteiger partial charge in [0.15, 0.2) is 0 Å². The van der Waals surface area contributed by atoms with Crippen molar-refractivity contribution in [3.8, 4) is 5.75 Å². The number of rotatable bonds is 5. The lowest BCUT2D eigenvalue weighted by atomic mass is 9.89. The Balaban J connectivity index is 2.24. The first-order valence-corrected chi connectivity index (χ1v) is 9.06. The molecule has 7 nitrogen and oxygen atoms in total. The van der Waals surface area contributed by atoms with E-state index in [0.29, 0.717) is 27.6 Å². The summed E-state index contributed by atoms with van der Waals surface area (Å²) in [6.07, 6.45) is 0. The molecular weight excluding hydrogens is 396 g/mol. The first-order valence-electron chi connectivity index (χ1n) is 8.68. The number of ketones is 1. The molecule has 1 aliphatic rings. The summed E-state index contributed by atoms with van der Waals surface area (Å²) in [5, 5.41) is 3.28. The Hall–Kier alpha value is -3.32. The molecule has 8 heteroatoms. The molecule has 0 spiro atoms. The zero-order valence-corrected chi connectivity index (χ0v) is 16.8. The molecule has 1 aliphatic heterocycles. The Morgan fingerprint density at radius 2 is 1.66 bits per heavy atom.